The van der Waals surface area contributed by atoms with Gasteiger partial charge in [0.1, 0.15) is 0 Å². The van der Waals surface area contributed by atoms with Gasteiger partial charge in [-0.05, 0) is 18.4 Å². The van der Waals surface area contributed by atoms with E-state index in [2.05, 4.69) is 13.2 Å². The predicted molar refractivity (Wildman–Crippen MR) is 51.4 cm³/mol. The Hall–Kier alpha value is 0.350. The number of hydrogen-bond donors (Lipinski definition) is 0. The van der Waals surface area contributed by atoms with Gasteiger partial charge in [0.2, 0.25) is 0 Å². The average molecular weight is 159 g/mol. The van der Waals surface area contributed by atoms with Gasteiger partial charge in [-0.3, -0.25) is 0 Å². The number of hydrogen-bond acceptors (Lipinski definition) is 1. The van der Waals surface area contributed by atoms with E-state index in [0.29, 0.717) is 0 Å². The minimum atomic E-state index is 1.11. The molecule has 0 amide bonds. The van der Waals surface area contributed by atoms with Crippen LogP contribution in [0, 0.1) is 6.92 Å². The predicted octanol–water partition coefficient (Wildman–Crippen LogP) is 3.52. The maximum atomic E-state index is 3.82. The Morgan fingerprint density at radius 3 is 2.20 bits per heavy atom. The molecule has 0 fully saturated rings. The molecule has 0 bridgehead atoms. The van der Waals surface area contributed by atoms with Crippen LogP contribution >= 0.6 is 11.8 Å². The molecule has 0 nitrogen and oxygen atoms in total. The van der Waals surface area contributed by atoms with Crippen LogP contribution in [0.3, 0.4) is 0 Å². The van der Waals surface area contributed by atoms with E-state index >= 15 is 0 Å². The molecule has 61 valence electrons. The first kappa shape index (κ1) is 10.3. The molecule has 0 N–H and O–H groups in total. The lowest BCUT2D eigenvalue weighted by Gasteiger charge is -1.97. The van der Waals surface area contributed by atoms with Crippen molar-refractivity contribution < 1.29 is 0 Å². The lowest BCUT2D eigenvalue weighted by Crippen LogP contribution is -1.80. The molecule has 0 rings (SSSR count). The van der Waals surface area contributed by atoms with Crippen molar-refractivity contribution in [1.29, 1.82) is 0 Å². The van der Waals surface area contributed by atoms with E-state index in [9.17, 15) is 0 Å². The summed E-state index contributed by atoms with van der Waals surface area (Å²) in [4.78, 5) is 0. The monoisotopic (exact) mass is 159 g/mol. The van der Waals surface area contributed by atoms with Crippen molar-refractivity contribution in [2.24, 2.45) is 0 Å². The number of unbranched alkanes of at least 4 members (excludes halogenated alkanes) is 5. The third-order valence-corrected chi connectivity index (χ3v) is 2.30. The zero-order valence-electron chi connectivity index (χ0n) is 7.07. The van der Waals surface area contributed by atoms with Gasteiger partial charge in [0.25, 0.3) is 0 Å². The molecular formula is C9H19S. The number of thioether (sulfide) groups is 1. The van der Waals surface area contributed by atoms with Gasteiger partial charge >= 0.3 is 0 Å². The summed E-state index contributed by atoms with van der Waals surface area (Å²) in [6, 6.07) is 0. The van der Waals surface area contributed by atoms with Gasteiger partial charge < -0.3 is 0 Å². The molecular weight excluding hydrogens is 140 g/mol. The van der Waals surface area contributed by atoms with E-state index in [1.807, 2.05) is 11.8 Å². The molecule has 0 spiro atoms. The summed E-state index contributed by atoms with van der Waals surface area (Å²) in [6.45, 7) is 3.82. The van der Waals surface area contributed by atoms with Crippen LogP contribution in [-0.4, -0.2) is 12.0 Å². The topological polar surface area (TPSA) is 0 Å². The molecule has 0 unspecified atom stereocenters. The second-order valence-electron chi connectivity index (χ2n) is 2.61. The quantitative estimate of drug-likeness (QED) is 0.512. The van der Waals surface area contributed by atoms with Crippen molar-refractivity contribution in [3.63, 3.8) is 0 Å². The Labute approximate surface area is 69.8 Å². The molecule has 0 aliphatic heterocycles. The second kappa shape index (κ2) is 9.35. The third-order valence-electron chi connectivity index (χ3n) is 1.60. The largest absolute Gasteiger partial charge is 0.165 e. The van der Waals surface area contributed by atoms with Gasteiger partial charge in [-0.25, -0.2) is 0 Å². The van der Waals surface area contributed by atoms with Crippen LogP contribution in [0.25, 0.3) is 0 Å². The van der Waals surface area contributed by atoms with Crippen molar-refractivity contribution in [1.82, 2.24) is 0 Å². The summed E-state index contributed by atoms with van der Waals surface area (Å²) in [5.41, 5.74) is 0. The summed E-state index contributed by atoms with van der Waals surface area (Å²) in [6.07, 6.45) is 10.2. The Balaban J connectivity index is 2.65. The summed E-state index contributed by atoms with van der Waals surface area (Å²) >= 11 is 1.95. The van der Waals surface area contributed by atoms with E-state index in [-0.39, 0.29) is 0 Å². The smallest absolute Gasteiger partial charge is 0.00703 e. The van der Waals surface area contributed by atoms with Crippen molar-refractivity contribution in [3.8, 4) is 0 Å². The Bertz CT molecular complexity index is 44.7. The van der Waals surface area contributed by atoms with Crippen molar-refractivity contribution >= 4 is 11.8 Å². The maximum absolute atomic E-state index is 3.82. The highest BCUT2D eigenvalue weighted by Crippen LogP contribution is 2.06. The highest BCUT2D eigenvalue weighted by Gasteiger charge is 1.87. The molecule has 0 aromatic rings. The van der Waals surface area contributed by atoms with E-state index in [4.69, 9.17) is 0 Å². The summed E-state index contributed by atoms with van der Waals surface area (Å²) in [7, 11) is 0. The molecule has 0 heterocycles. The van der Waals surface area contributed by atoms with Gasteiger partial charge in [0.05, 0.1) is 0 Å². The van der Waals surface area contributed by atoms with Crippen molar-refractivity contribution in [3.05, 3.63) is 6.92 Å². The van der Waals surface area contributed by atoms with Gasteiger partial charge in [-0.15, -0.1) is 0 Å². The van der Waals surface area contributed by atoms with E-state index in [1.165, 1.54) is 37.9 Å². The van der Waals surface area contributed by atoms with Crippen LogP contribution in [0.1, 0.15) is 38.5 Å². The molecule has 0 aromatic heterocycles. The second-order valence-corrected chi connectivity index (χ2v) is 3.60. The molecule has 0 aromatic carbocycles. The van der Waals surface area contributed by atoms with E-state index in [0.717, 1.165) is 6.42 Å². The molecule has 0 saturated carbocycles. The Kier molecular flexibility index (Phi) is 9.68. The highest BCUT2D eigenvalue weighted by atomic mass is 32.2. The highest BCUT2D eigenvalue weighted by molar-refractivity contribution is 7.98. The van der Waals surface area contributed by atoms with Crippen molar-refractivity contribution in [2.45, 2.75) is 38.5 Å². The van der Waals surface area contributed by atoms with Crippen LogP contribution < -0.4 is 0 Å². The minimum Gasteiger partial charge on any atom is -0.165 e. The number of rotatable bonds is 7. The van der Waals surface area contributed by atoms with E-state index < -0.39 is 0 Å². The fourth-order valence-corrected chi connectivity index (χ4v) is 1.45. The van der Waals surface area contributed by atoms with Crippen LogP contribution in [0.4, 0.5) is 0 Å². The lowest BCUT2D eigenvalue weighted by molar-refractivity contribution is 0.639. The molecule has 0 aliphatic carbocycles. The van der Waals surface area contributed by atoms with E-state index in [1.54, 1.807) is 0 Å². The molecule has 10 heavy (non-hydrogen) atoms. The Morgan fingerprint density at radius 2 is 1.60 bits per heavy atom. The zero-order chi connectivity index (χ0) is 7.66. The first-order valence-corrected chi connectivity index (χ1v) is 5.59. The minimum absolute atomic E-state index is 1.11. The molecule has 1 radical (unpaired) electrons. The fraction of sp³-hybridized carbons (Fsp3) is 0.889. The SMILES string of the molecule is [CH2]CCCCCCCSC. The first-order chi connectivity index (χ1) is 4.91. The maximum Gasteiger partial charge on any atom is -0.00703 e. The normalized spacial score (nSPS) is 10.2. The third kappa shape index (κ3) is 8.35. The molecule has 1 heteroatoms. The fourth-order valence-electron chi connectivity index (χ4n) is 0.954. The van der Waals surface area contributed by atoms with Crippen LogP contribution in [0.5, 0.6) is 0 Å². The summed E-state index contributed by atoms with van der Waals surface area (Å²) in [5, 5.41) is 0. The standard InChI is InChI=1S/C9H19S/c1-3-4-5-6-7-8-9-10-2/h1,3-9H2,2H3. The van der Waals surface area contributed by atoms with Crippen LogP contribution in [0.2, 0.25) is 0 Å². The van der Waals surface area contributed by atoms with Gasteiger partial charge in [0, 0.05) is 0 Å². The van der Waals surface area contributed by atoms with Gasteiger partial charge in [0.15, 0.2) is 0 Å². The van der Waals surface area contributed by atoms with Crippen molar-refractivity contribution in [2.75, 3.05) is 12.0 Å². The first-order valence-electron chi connectivity index (χ1n) is 4.20. The Morgan fingerprint density at radius 1 is 1.00 bits per heavy atom. The summed E-state index contributed by atoms with van der Waals surface area (Å²) in [5.74, 6) is 1.34. The lowest BCUT2D eigenvalue weighted by atomic mass is 10.1. The zero-order valence-corrected chi connectivity index (χ0v) is 7.88. The molecule has 0 saturated heterocycles. The summed E-state index contributed by atoms with van der Waals surface area (Å²) < 4.78 is 0. The van der Waals surface area contributed by atoms with Gasteiger partial charge in [-0.2, -0.15) is 11.8 Å². The van der Waals surface area contributed by atoms with Gasteiger partial charge in [-0.1, -0.05) is 39.0 Å². The van der Waals surface area contributed by atoms with Crippen LogP contribution in [0.15, 0.2) is 0 Å². The molecule has 0 atom stereocenters. The molecule has 0 aliphatic rings. The average Bonchev–Trinajstić information content (AvgIpc) is 1.97. The van der Waals surface area contributed by atoms with Crippen LogP contribution in [-0.2, 0) is 0 Å².